The van der Waals surface area contributed by atoms with Crippen LogP contribution in [0.5, 0.6) is 0 Å². The molecule has 0 atom stereocenters. The van der Waals surface area contributed by atoms with Gasteiger partial charge in [-0.05, 0) is 11.6 Å². The van der Waals surface area contributed by atoms with Crippen molar-refractivity contribution in [2.45, 2.75) is 0 Å². The fourth-order valence-electron chi connectivity index (χ4n) is 1.06. The smallest absolute Gasteiger partial charge is 0.363 e. The highest BCUT2D eigenvalue weighted by Gasteiger charge is 2.31. The van der Waals surface area contributed by atoms with E-state index in [9.17, 15) is 20.2 Å². The Morgan fingerprint density at radius 1 is 1.12 bits per heavy atom. The highest BCUT2D eigenvalue weighted by molar-refractivity contribution is 6.39. The Morgan fingerprint density at radius 2 is 1.62 bits per heavy atom. The third-order valence-corrected chi connectivity index (χ3v) is 2.48. The second-order valence-electron chi connectivity index (χ2n) is 2.70. The first-order chi connectivity index (χ1) is 7.45. The molecule has 10 heteroatoms. The molecule has 0 bridgehead atoms. The molecule has 1 heterocycles. The van der Waals surface area contributed by atoms with E-state index < -0.39 is 25.7 Å². The maximum absolute atomic E-state index is 10.7. The molecular weight excluding hydrogens is 263 g/mol. The van der Waals surface area contributed by atoms with Crippen molar-refractivity contribution in [3.8, 4) is 0 Å². The van der Waals surface area contributed by atoms with Crippen LogP contribution in [0.4, 0.5) is 0 Å². The van der Waals surface area contributed by atoms with Crippen LogP contribution in [0, 0.1) is 20.2 Å². The normalized spacial score (nSPS) is 16.0. The Hall–Kier alpha value is -1.54. The summed E-state index contributed by atoms with van der Waals surface area (Å²) in [5, 5.41) is 24.6. The van der Waals surface area contributed by atoms with E-state index in [4.69, 9.17) is 23.2 Å². The first-order valence-corrected chi connectivity index (χ1v) is 4.77. The highest BCUT2D eigenvalue weighted by Crippen LogP contribution is 2.24. The van der Waals surface area contributed by atoms with Crippen molar-refractivity contribution in [3.63, 3.8) is 0 Å². The molecule has 1 aliphatic rings. The molecule has 2 N–H and O–H groups in total. The van der Waals surface area contributed by atoms with Gasteiger partial charge < -0.3 is 10.6 Å². The third-order valence-electron chi connectivity index (χ3n) is 1.70. The molecule has 1 saturated heterocycles. The minimum Gasteiger partial charge on any atom is -0.364 e. The van der Waals surface area contributed by atoms with E-state index in [2.05, 4.69) is 10.6 Å². The van der Waals surface area contributed by atoms with Crippen LogP contribution in [0.25, 0.3) is 0 Å². The Morgan fingerprint density at radius 3 is 2.00 bits per heavy atom. The maximum Gasteiger partial charge on any atom is 0.363 e. The summed E-state index contributed by atoms with van der Waals surface area (Å²) in [6.07, 6.45) is 0. The summed E-state index contributed by atoms with van der Waals surface area (Å²) < 4.78 is 0. The number of hydrogen-bond donors (Lipinski definition) is 2. The average molecular weight is 269 g/mol. The molecular formula is C6H6Cl2N4O4. The Labute approximate surface area is 99.2 Å². The zero-order valence-corrected chi connectivity index (χ0v) is 9.21. The van der Waals surface area contributed by atoms with Crippen molar-refractivity contribution in [2.24, 2.45) is 0 Å². The standard InChI is InChI=1S/C6H6Cl2N4O4/c7-3(5(8)12(15)16)4(11(13)14)6-9-1-2-10-6/h9-10H,1-2H2/b5-3+. The van der Waals surface area contributed by atoms with Crippen molar-refractivity contribution in [1.29, 1.82) is 0 Å². The van der Waals surface area contributed by atoms with E-state index in [1.54, 1.807) is 0 Å². The molecule has 16 heavy (non-hydrogen) atoms. The molecule has 0 unspecified atom stereocenters. The van der Waals surface area contributed by atoms with Gasteiger partial charge in [-0.25, -0.2) is 0 Å². The number of nitrogens with one attached hydrogen (secondary N) is 2. The second-order valence-corrected chi connectivity index (χ2v) is 3.43. The molecule has 88 valence electrons. The Balaban J connectivity index is 3.24. The summed E-state index contributed by atoms with van der Waals surface area (Å²) in [5.74, 6) is 0.0231. The van der Waals surface area contributed by atoms with Crippen LogP contribution in [0.3, 0.4) is 0 Å². The second kappa shape index (κ2) is 4.99. The molecule has 0 aromatic heterocycles. The zero-order chi connectivity index (χ0) is 12.3. The predicted molar refractivity (Wildman–Crippen MR) is 55.8 cm³/mol. The topological polar surface area (TPSA) is 110 Å². The van der Waals surface area contributed by atoms with Gasteiger partial charge in [-0.1, -0.05) is 11.6 Å². The lowest BCUT2D eigenvalue weighted by atomic mass is 10.4. The van der Waals surface area contributed by atoms with Gasteiger partial charge in [0.05, 0.1) is 9.85 Å². The Bertz CT molecular complexity index is 397. The van der Waals surface area contributed by atoms with Gasteiger partial charge in [0.1, 0.15) is 0 Å². The zero-order valence-electron chi connectivity index (χ0n) is 7.70. The van der Waals surface area contributed by atoms with Crippen molar-refractivity contribution in [1.82, 2.24) is 10.6 Å². The number of allylic oxidation sites excluding steroid dienone is 1. The summed E-state index contributed by atoms with van der Waals surface area (Å²) in [6.45, 7) is 0.930. The maximum atomic E-state index is 10.7. The van der Waals surface area contributed by atoms with Gasteiger partial charge in [0.25, 0.3) is 0 Å². The van der Waals surface area contributed by atoms with Gasteiger partial charge in [-0.15, -0.1) is 0 Å². The molecule has 1 aliphatic heterocycles. The van der Waals surface area contributed by atoms with Crippen molar-refractivity contribution >= 4 is 23.2 Å². The van der Waals surface area contributed by atoms with E-state index in [0.717, 1.165) is 0 Å². The lowest BCUT2D eigenvalue weighted by molar-refractivity contribution is -0.429. The van der Waals surface area contributed by atoms with Gasteiger partial charge in [0.2, 0.25) is 5.03 Å². The number of halogens is 2. The summed E-state index contributed by atoms with van der Waals surface area (Å²) in [6, 6.07) is 0. The number of nitrogens with zero attached hydrogens (tertiary/aromatic N) is 2. The predicted octanol–water partition coefficient (Wildman–Crippen LogP) is 0.548. The van der Waals surface area contributed by atoms with E-state index >= 15 is 0 Å². The number of hydrogen-bond acceptors (Lipinski definition) is 6. The van der Waals surface area contributed by atoms with Gasteiger partial charge >= 0.3 is 10.9 Å². The van der Waals surface area contributed by atoms with Gasteiger partial charge in [0, 0.05) is 13.1 Å². The summed E-state index contributed by atoms with van der Waals surface area (Å²) >= 11 is 10.7. The quantitative estimate of drug-likeness (QED) is 0.439. The minimum absolute atomic E-state index is 0.0231. The third kappa shape index (κ3) is 2.52. The fourth-order valence-corrected chi connectivity index (χ4v) is 1.39. The number of nitro groups is 2. The summed E-state index contributed by atoms with van der Waals surface area (Å²) in [5.41, 5.74) is -0.638. The van der Waals surface area contributed by atoms with Crippen LogP contribution in [-0.2, 0) is 0 Å². The Kier molecular flexibility index (Phi) is 3.91. The van der Waals surface area contributed by atoms with Crippen LogP contribution in [0.15, 0.2) is 21.7 Å². The highest BCUT2D eigenvalue weighted by atomic mass is 35.5. The van der Waals surface area contributed by atoms with Gasteiger partial charge in [0.15, 0.2) is 5.82 Å². The number of rotatable bonds is 3. The molecule has 0 aromatic carbocycles. The molecule has 0 aliphatic carbocycles. The molecule has 0 saturated carbocycles. The van der Waals surface area contributed by atoms with Crippen molar-refractivity contribution in [2.75, 3.05) is 13.1 Å². The molecule has 8 nitrogen and oxygen atoms in total. The van der Waals surface area contributed by atoms with E-state index in [-0.39, 0.29) is 5.82 Å². The average Bonchev–Trinajstić information content (AvgIpc) is 2.69. The molecule has 1 fully saturated rings. The van der Waals surface area contributed by atoms with Crippen LogP contribution >= 0.6 is 23.2 Å². The van der Waals surface area contributed by atoms with Crippen LogP contribution in [0.2, 0.25) is 0 Å². The summed E-state index contributed by atoms with van der Waals surface area (Å²) in [7, 11) is 0. The molecule has 0 amide bonds. The van der Waals surface area contributed by atoms with Crippen LogP contribution in [-0.4, -0.2) is 22.9 Å². The molecule has 0 aromatic rings. The summed E-state index contributed by atoms with van der Waals surface area (Å²) in [4.78, 5) is 19.2. The lowest BCUT2D eigenvalue weighted by Crippen LogP contribution is -2.19. The van der Waals surface area contributed by atoms with Crippen molar-refractivity contribution < 1.29 is 9.85 Å². The fraction of sp³-hybridized carbons (Fsp3) is 0.333. The van der Waals surface area contributed by atoms with Crippen LogP contribution < -0.4 is 10.6 Å². The lowest BCUT2D eigenvalue weighted by Gasteiger charge is -2.01. The SMILES string of the molecule is O=[N+]([O-])C(=C1NCCN1)/C(Cl)=C(/Cl)[N+](=O)[O-]. The van der Waals surface area contributed by atoms with E-state index in [0.29, 0.717) is 13.1 Å². The first-order valence-electron chi connectivity index (χ1n) is 4.01. The molecule has 1 rings (SSSR count). The van der Waals surface area contributed by atoms with E-state index in [1.807, 2.05) is 0 Å². The van der Waals surface area contributed by atoms with Gasteiger partial charge in [-0.2, -0.15) is 0 Å². The van der Waals surface area contributed by atoms with E-state index in [1.165, 1.54) is 0 Å². The molecule has 0 radical (unpaired) electrons. The van der Waals surface area contributed by atoms with Crippen molar-refractivity contribution in [3.05, 3.63) is 41.9 Å². The molecule has 0 spiro atoms. The minimum atomic E-state index is -0.997. The largest absolute Gasteiger partial charge is 0.364 e. The first kappa shape index (κ1) is 12.5. The van der Waals surface area contributed by atoms with Crippen LogP contribution in [0.1, 0.15) is 0 Å². The monoisotopic (exact) mass is 268 g/mol. The van der Waals surface area contributed by atoms with Gasteiger partial charge in [-0.3, -0.25) is 20.2 Å².